The van der Waals surface area contributed by atoms with Crippen LogP contribution in [0.3, 0.4) is 0 Å². The molecule has 0 heterocycles. The first kappa shape index (κ1) is 15.3. The summed E-state index contributed by atoms with van der Waals surface area (Å²) < 4.78 is 0. The highest BCUT2D eigenvalue weighted by molar-refractivity contribution is 7.98. The molecule has 2 N–H and O–H groups in total. The second kappa shape index (κ2) is 6.77. The van der Waals surface area contributed by atoms with Crippen LogP contribution < -0.4 is 5.73 Å². The quantitative estimate of drug-likeness (QED) is 0.763. The van der Waals surface area contributed by atoms with Crippen LogP contribution in [0.4, 0.5) is 0 Å². The smallest absolute Gasteiger partial charge is 0.0226 e. The summed E-state index contributed by atoms with van der Waals surface area (Å²) in [5.74, 6) is 1.20. The van der Waals surface area contributed by atoms with Crippen molar-refractivity contribution in [2.75, 3.05) is 25.6 Å². The van der Waals surface area contributed by atoms with Gasteiger partial charge in [-0.1, -0.05) is 20.8 Å². The Kier molecular flexibility index (Phi) is 6.89. The molecule has 0 spiro atoms. The molecule has 0 bridgehead atoms. The van der Waals surface area contributed by atoms with Gasteiger partial charge in [0.05, 0.1) is 0 Å². The molecule has 15 heavy (non-hydrogen) atoms. The summed E-state index contributed by atoms with van der Waals surface area (Å²) in [6, 6.07) is 1.08. The molecule has 0 aromatic rings. The topological polar surface area (TPSA) is 29.3 Å². The Morgan fingerprint density at radius 3 is 2.20 bits per heavy atom. The van der Waals surface area contributed by atoms with Crippen molar-refractivity contribution in [1.82, 2.24) is 4.90 Å². The highest BCUT2D eigenvalue weighted by Gasteiger charge is 2.27. The van der Waals surface area contributed by atoms with Gasteiger partial charge in [0.25, 0.3) is 0 Å². The van der Waals surface area contributed by atoms with Crippen molar-refractivity contribution in [2.45, 2.75) is 46.2 Å². The number of nitrogens with two attached hydrogens (primary N) is 1. The van der Waals surface area contributed by atoms with Gasteiger partial charge in [0, 0.05) is 18.6 Å². The van der Waals surface area contributed by atoms with Crippen LogP contribution in [0.1, 0.15) is 34.1 Å². The van der Waals surface area contributed by atoms with Gasteiger partial charge in [0.2, 0.25) is 0 Å². The normalized spacial score (nSPS) is 16.8. The first-order chi connectivity index (χ1) is 6.84. The van der Waals surface area contributed by atoms with Gasteiger partial charge in [-0.3, -0.25) is 4.90 Å². The SMILES string of the molecule is CSCCC(CN)N(C)C(C)C(C)(C)C. The average Bonchev–Trinajstić information content (AvgIpc) is 2.16. The second-order valence-corrected chi connectivity index (χ2v) is 6.36. The largest absolute Gasteiger partial charge is 0.329 e. The molecule has 0 amide bonds. The molecule has 0 aliphatic heterocycles. The van der Waals surface area contributed by atoms with Crippen molar-refractivity contribution < 1.29 is 0 Å². The Labute approximate surface area is 100.0 Å². The summed E-state index contributed by atoms with van der Waals surface area (Å²) in [6.45, 7) is 9.92. The zero-order valence-corrected chi connectivity index (χ0v) is 12.0. The maximum atomic E-state index is 5.84. The highest BCUT2D eigenvalue weighted by Crippen LogP contribution is 2.25. The lowest BCUT2D eigenvalue weighted by molar-refractivity contribution is 0.0987. The van der Waals surface area contributed by atoms with Gasteiger partial charge in [-0.25, -0.2) is 0 Å². The van der Waals surface area contributed by atoms with E-state index in [2.05, 4.69) is 45.9 Å². The molecule has 0 aromatic heterocycles. The maximum Gasteiger partial charge on any atom is 0.0226 e. The van der Waals surface area contributed by atoms with Crippen LogP contribution in [-0.2, 0) is 0 Å². The van der Waals surface area contributed by atoms with Gasteiger partial charge in [-0.2, -0.15) is 11.8 Å². The molecular weight excluding hydrogens is 204 g/mol. The molecule has 0 aliphatic carbocycles. The summed E-state index contributed by atoms with van der Waals surface area (Å²) in [5, 5.41) is 0. The van der Waals surface area contributed by atoms with Crippen molar-refractivity contribution in [3.63, 3.8) is 0 Å². The summed E-state index contributed by atoms with van der Waals surface area (Å²) >= 11 is 1.90. The van der Waals surface area contributed by atoms with Gasteiger partial charge in [-0.05, 0) is 37.8 Å². The van der Waals surface area contributed by atoms with E-state index in [1.165, 1.54) is 12.2 Å². The predicted octanol–water partition coefficient (Wildman–Crippen LogP) is 2.43. The predicted molar refractivity (Wildman–Crippen MR) is 72.5 cm³/mol. The fourth-order valence-electron chi connectivity index (χ4n) is 1.67. The molecule has 2 atom stereocenters. The van der Waals surface area contributed by atoms with Crippen LogP contribution in [0.2, 0.25) is 0 Å². The third-order valence-electron chi connectivity index (χ3n) is 3.37. The molecule has 0 radical (unpaired) electrons. The average molecular weight is 232 g/mol. The Hall–Kier alpha value is 0.270. The minimum atomic E-state index is 0.321. The second-order valence-electron chi connectivity index (χ2n) is 5.38. The van der Waals surface area contributed by atoms with E-state index in [9.17, 15) is 0 Å². The molecule has 0 saturated heterocycles. The third kappa shape index (κ3) is 5.23. The minimum Gasteiger partial charge on any atom is -0.329 e. The van der Waals surface area contributed by atoms with Crippen molar-refractivity contribution in [2.24, 2.45) is 11.1 Å². The van der Waals surface area contributed by atoms with E-state index in [1.807, 2.05) is 11.8 Å². The molecule has 2 nitrogen and oxygen atoms in total. The minimum absolute atomic E-state index is 0.321. The van der Waals surface area contributed by atoms with E-state index >= 15 is 0 Å². The van der Waals surface area contributed by atoms with Gasteiger partial charge in [-0.15, -0.1) is 0 Å². The van der Waals surface area contributed by atoms with E-state index in [0.717, 1.165) is 6.54 Å². The molecular formula is C12H28N2S. The van der Waals surface area contributed by atoms with Gasteiger partial charge in [0.1, 0.15) is 0 Å². The standard InChI is InChI=1S/C12H28N2S/c1-10(12(2,3)4)14(5)11(9-13)7-8-15-6/h10-11H,7-9,13H2,1-6H3. The maximum absolute atomic E-state index is 5.84. The number of thioether (sulfide) groups is 1. The van der Waals surface area contributed by atoms with Crippen molar-refractivity contribution in [1.29, 1.82) is 0 Å². The summed E-state index contributed by atoms with van der Waals surface area (Å²) in [5.41, 5.74) is 6.17. The van der Waals surface area contributed by atoms with E-state index in [-0.39, 0.29) is 0 Å². The monoisotopic (exact) mass is 232 g/mol. The Bertz CT molecular complexity index is 165. The lowest BCUT2D eigenvalue weighted by Gasteiger charge is -2.40. The molecule has 3 heteroatoms. The molecule has 0 aromatic carbocycles. The van der Waals surface area contributed by atoms with Crippen LogP contribution in [-0.4, -0.2) is 42.6 Å². The van der Waals surface area contributed by atoms with E-state index in [1.54, 1.807) is 0 Å². The van der Waals surface area contributed by atoms with Gasteiger partial charge < -0.3 is 5.73 Å². The lowest BCUT2D eigenvalue weighted by atomic mass is 9.86. The van der Waals surface area contributed by atoms with Crippen LogP contribution in [0.5, 0.6) is 0 Å². The lowest BCUT2D eigenvalue weighted by Crippen LogP contribution is -2.48. The Morgan fingerprint density at radius 2 is 1.87 bits per heavy atom. The zero-order chi connectivity index (χ0) is 12.1. The molecule has 0 fully saturated rings. The summed E-state index contributed by atoms with van der Waals surface area (Å²) in [7, 11) is 2.20. The number of hydrogen-bond acceptors (Lipinski definition) is 3. The van der Waals surface area contributed by atoms with Crippen molar-refractivity contribution in [3.05, 3.63) is 0 Å². The molecule has 2 unspecified atom stereocenters. The number of rotatable bonds is 6. The number of nitrogens with zero attached hydrogens (tertiary/aromatic N) is 1. The van der Waals surface area contributed by atoms with Crippen molar-refractivity contribution in [3.8, 4) is 0 Å². The first-order valence-electron chi connectivity index (χ1n) is 5.75. The summed E-state index contributed by atoms with van der Waals surface area (Å²) in [4.78, 5) is 2.44. The van der Waals surface area contributed by atoms with E-state index in [4.69, 9.17) is 5.73 Å². The van der Waals surface area contributed by atoms with E-state index < -0.39 is 0 Å². The van der Waals surface area contributed by atoms with Crippen LogP contribution in [0.15, 0.2) is 0 Å². The van der Waals surface area contributed by atoms with Gasteiger partial charge >= 0.3 is 0 Å². The van der Waals surface area contributed by atoms with Crippen LogP contribution >= 0.6 is 11.8 Å². The Balaban J connectivity index is 4.30. The first-order valence-corrected chi connectivity index (χ1v) is 7.15. The van der Waals surface area contributed by atoms with Crippen LogP contribution in [0, 0.1) is 5.41 Å². The molecule has 0 rings (SSSR count). The molecule has 92 valence electrons. The highest BCUT2D eigenvalue weighted by atomic mass is 32.2. The zero-order valence-electron chi connectivity index (χ0n) is 11.2. The number of hydrogen-bond donors (Lipinski definition) is 1. The number of likely N-dealkylation sites (N-methyl/N-ethyl adjacent to an activating group) is 1. The molecule has 0 saturated carbocycles. The Morgan fingerprint density at radius 1 is 1.33 bits per heavy atom. The van der Waals surface area contributed by atoms with Crippen LogP contribution in [0.25, 0.3) is 0 Å². The fourth-order valence-corrected chi connectivity index (χ4v) is 2.18. The fraction of sp³-hybridized carbons (Fsp3) is 1.00. The summed E-state index contributed by atoms with van der Waals surface area (Å²) in [6.07, 6.45) is 3.34. The van der Waals surface area contributed by atoms with Crippen molar-refractivity contribution >= 4 is 11.8 Å². The van der Waals surface area contributed by atoms with Gasteiger partial charge in [0.15, 0.2) is 0 Å². The molecule has 0 aliphatic rings. The van der Waals surface area contributed by atoms with E-state index in [0.29, 0.717) is 17.5 Å². The third-order valence-corrected chi connectivity index (χ3v) is 4.01.